The normalized spacial score (nSPS) is 15.7. The molecule has 10 heteroatoms. The Morgan fingerprint density at radius 2 is 2.00 bits per heavy atom. The highest BCUT2D eigenvalue weighted by molar-refractivity contribution is 7.71. The Bertz CT molecular complexity index is 1090. The molecule has 1 aliphatic rings. The number of H-pyrrole nitrogens is 1. The van der Waals surface area contributed by atoms with Gasteiger partial charge < -0.3 is 14.5 Å². The third-order valence-electron chi connectivity index (χ3n) is 5.23. The minimum Gasteiger partial charge on any atom is -0.465 e. The summed E-state index contributed by atoms with van der Waals surface area (Å²) in [5, 5.41) is 10.7. The molecule has 1 fully saturated rings. The number of aromatic amines is 1. The second kappa shape index (κ2) is 9.78. The summed E-state index contributed by atoms with van der Waals surface area (Å²) in [7, 11) is 0. The van der Waals surface area contributed by atoms with Crippen LogP contribution in [0.4, 0.5) is 0 Å². The standard InChI is InChI=1S/C21H24ClN5O3S/c1-14-2-7-18(30-14)17(26-8-10-29-11-9-26)12-23-19(28)13-27-20(24-25-21(27)31)15-3-5-16(22)6-4-15/h2-7,17H,8-13H2,1H3,(H,23,28)(H,25,31). The number of halogens is 1. The summed E-state index contributed by atoms with van der Waals surface area (Å²) >= 11 is 11.3. The van der Waals surface area contributed by atoms with Gasteiger partial charge in [-0.1, -0.05) is 11.6 Å². The van der Waals surface area contributed by atoms with Crippen molar-refractivity contribution in [1.82, 2.24) is 25.0 Å². The fraction of sp³-hybridized carbons (Fsp3) is 0.381. The number of rotatable bonds is 7. The summed E-state index contributed by atoms with van der Waals surface area (Å²) < 4.78 is 13.4. The molecule has 3 heterocycles. The quantitative estimate of drug-likeness (QED) is 0.524. The monoisotopic (exact) mass is 461 g/mol. The van der Waals surface area contributed by atoms with Crippen molar-refractivity contribution in [3.8, 4) is 11.4 Å². The van der Waals surface area contributed by atoms with Crippen molar-refractivity contribution in [2.24, 2.45) is 0 Å². The predicted octanol–water partition coefficient (Wildman–Crippen LogP) is 3.35. The maximum atomic E-state index is 12.8. The molecule has 0 spiro atoms. The highest BCUT2D eigenvalue weighted by atomic mass is 35.5. The smallest absolute Gasteiger partial charge is 0.240 e. The number of aromatic nitrogens is 3. The van der Waals surface area contributed by atoms with Gasteiger partial charge in [0.2, 0.25) is 5.91 Å². The Kier molecular flexibility index (Phi) is 6.86. The summed E-state index contributed by atoms with van der Waals surface area (Å²) in [6.45, 7) is 5.30. The van der Waals surface area contributed by atoms with E-state index in [2.05, 4.69) is 20.4 Å². The zero-order chi connectivity index (χ0) is 21.8. The lowest BCUT2D eigenvalue weighted by atomic mass is 10.1. The molecule has 164 valence electrons. The molecule has 1 amide bonds. The first kappa shape index (κ1) is 21.8. The first-order chi connectivity index (χ1) is 15.0. The molecule has 0 bridgehead atoms. The lowest BCUT2D eigenvalue weighted by molar-refractivity contribution is -0.122. The topological polar surface area (TPSA) is 88.3 Å². The van der Waals surface area contributed by atoms with Crippen LogP contribution < -0.4 is 5.32 Å². The number of morpholine rings is 1. The van der Waals surface area contributed by atoms with Crippen molar-refractivity contribution in [2.75, 3.05) is 32.8 Å². The van der Waals surface area contributed by atoms with E-state index in [1.807, 2.05) is 31.2 Å². The van der Waals surface area contributed by atoms with Gasteiger partial charge in [0.05, 0.1) is 19.3 Å². The Balaban J connectivity index is 1.46. The van der Waals surface area contributed by atoms with Crippen molar-refractivity contribution >= 4 is 29.7 Å². The van der Waals surface area contributed by atoms with E-state index in [1.165, 1.54) is 0 Å². The number of nitrogens with one attached hydrogen (secondary N) is 2. The number of nitrogens with zero attached hydrogens (tertiary/aromatic N) is 3. The first-order valence-corrected chi connectivity index (χ1v) is 10.9. The van der Waals surface area contributed by atoms with Crippen molar-refractivity contribution in [3.63, 3.8) is 0 Å². The Morgan fingerprint density at radius 3 is 2.68 bits per heavy atom. The first-order valence-electron chi connectivity index (χ1n) is 10.1. The number of carbonyl (C=O) groups is 1. The fourth-order valence-electron chi connectivity index (χ4n) is 3.63. The summed E-state index contributed by atoms with van der Waals surface area (Å²) in [6.07, 6.45) is 0. The van der Waals surface area contributed by atoms with E-state index in [1.54, 1.807) is 16.7 Å². The maximum Gasteiger partial charge on any atom is 0.240 e. The molecule has 2 aromatic heterocycles. The van der Waals surface area contributed by atoms with Crippen LogP contribution >= 0.6 is 23.8 Å². The summed E-state index contributed by atoms with van der Waals surface area (Å²) in [6, 6.07) is 11.1. The van der Waals surface area contributed by atoms with E-state index < -0.39 is 0 Å². The number of benzene rings is 1. The lowest BCUT2D eigenvalue weighted by Gasteiger charge is -2.33. The molecule has 2 N–H and O–H groups in total. The second-order valence-corrected chi connectivity index (χ2v) is 8.19. The van der Waals surface area contributed by atoms with Crippen molar-refractivity contribution in [3.05, 3.63) is 57.7 Å². The summed E-state index contributed by atoms with van der Waals surface area (Å²) in [5.41, 5.74) is 0.821. The number of hydrogen-bond donors (Lipinski definition) is 2. The van der Waals surface area contributed by atoms with Gasteiger partial charge in [-0.25, -0.2) is 0 Å². The molecule has 3 aromatic rings. The van der Waals surface area contributed by atoms with Crippen LogP contribution in [0.25, 0.3) is 11.4 Å². The number of aryl methyl sites for hydroxylation is 1. The van der Waals surface area contributed by atoms with Gasteiger partial charge in [0.1, 0.15) is 18.1 Å². The molecule has 1 aliphatic heterocycles. The van der Waals surface area contributed by atoms with Crippen LogP contribution in [0.15, 0.2) is 40.8 Å². The molecule has 1 saturated heterocycles. The molecule has 8 nitrogen and oxygen atoms in total. The van der Waals surface area contributed by atoms with Crippen LogP contribution in [0.1, 0.15) is 17.6 Å². The zero-order valence-corrected chi connectivity index (χ0v) is 18.7. The highest BCUT2D eigenvalue weighted by Crippen LogP contribution is 2.24. The number of hydrogen-bond acceptors (Lipinski definition) is 6. The van der Waals surface area contributed by atoms with Gasteiger partial charge in [0, 0.05) is 30.2 Å². The van der Waals surface area contributed by atoms with E-state index >= 15 is 0 Å². The molecule has 0 aliphatic carbocycles. The van der Waals surface area contributed by atoms with Gasteiger partial charge in [-0.3, -0.25) is 19.4 Å². The van der Waals surface area contributed by atoms with Gasteiger partial charge in [-0.2, -0.15) is 5.10 Å². The fourth-order valence-corrected chi connectivity index (χ4v) is 3.95. The Morgan fingerprint density at radius 1 is 1.26 bits per heavy atom. The molecule has 1 unspecified atom stereocenters. The van der Waals surface area contributed by atoms with E-state index in [0.717, 1.165) is 30.2 Å². The Labute approximate surface area is 190 Å². The largest absolute Gasteiger partial charge is 0.465 e. The van der Waals surface area contributed by atoms with Crippen molar-refractivity contribution in [2.45, 2.75) is 19.5 Å². The van der Waals surface area contributed by atoms with Crippen molar-refractivity contribution in [1.29, 1.82) is 0 Å². The minimum atomic E-state index is -0.158. The number of carbonyl (C=O) groups excluding carboxylic acids is 1. The van der Waals surface area contributed by atoms with Crippen LogP contribution in [0.5, 0.6) is 0 Å². The van der Waals surface area contributed by atoms with Crippen LogP contribution in [0, 0.1) is 11.7 Å². The lowest BCUT2D eigenvalue weighted by Crippen LogP contribution is -2.44. The third kappa shape index (κ3) is 5.24. The number of ether oxygens (including phenoxy) is 1. The van der Waals surface area contributed by atoms with E-state index in [4.69, 9.17) is 33.0 Å². The number of furan rings is 1. The molecule has 1 atom stereocenters. The molecule has 0 saturated carbocycles. The van der Waals surface area contributed by atoms with E-state index in [9.17, 15) is 4.79 Å². The van der Waals surface area contributed by atoms with Gasteiger partial charge in [-0.15, -0.1) is 0 Å². The molecular formula is C21H24ClN5O3S. The summed E-state index contributed by atoms with van der Waals surface area (Å²) in [4.78, 5) is 15.1. The average molecular weight is 462 g/mol. The van der Waals surface area contributed by atoms with Gasteiger partial charge in [0.25, 0.3) is 0 Å². The highest BCUT2D eigenvalue weighted by Gasteiger charge is 2.26. The van der Waals surface area contributed by atoms with Crippen LogP contribution in [0.3, 0.4) is 0 Å². The Hall–Kier alpha value is -2.46. The molecule has 0 radical (unpaired) electrons. The summed E-state index contributed by atoms with van der Waals surface area (Å²) in [5.74, 6) is 2.11. The molecular weight excluding hydrogens is 438 g/mol. The minimum absolute atomic E-state index is 0.0559. The van der Waals surface area contributed by atoms with Gasteiger partial charge in [-0.05, 0) is 55.5 Å². The average Bonchev–Trinajstić information content (AvgIpc) is 3.36. The van der Waals surface area contributed by atoms with Crippen LogP contribution in [-0.2, 0) is 16.1 Å². The predicted molar refractivity (Wildman–Crippen MR) is 119 cm³/mol. The van der Waals surface area contributed by atoms with E-state index in [0.29, 0.717) is 35.4 Å². The zero-order valence-electron chi connectivity index (χ0n) is 17.1. The maximum absolute atomic E-state index is 12.8. The number of amides is 1. The second-order valence-electron chi connectivity index (χ2n) is 7.36. The van der Waals surface area contributed by atoms with Gasteiger partial charge in [0.15, 0.2) is 10.6 Å². The third-order valence-corrected chi connectivity index (χ3v) is 5.79. The molecule has 1 aromatic carbocycles. The van der Waals surface area contributed by atoms with Gasteiger partial charge >= 0.3 is 0 Å². The van der Waals surface area contributed by atoms with Crippen LogP contribution in [0.2, 0.25) is 5.02 Å². The molecule has 4 rings (SSSR count). The van der Waals surface area contributed by atoms with Crippen molar-refractivity contribution < 1.29 is 13.9 Å². The molecule has 31 heavy (non-hydrogen) atoms. The van der Waals surface area contributed by atoms with Crippen LogP contribution in [-0.4, -0.2) is 58.4 Å². The van der Waals surface area contributed by atoms with E-state index in [-0.39, 0.29) is 18.5 Å². The SMILES string of the molecule is Cc1ccc(C(CNC(=O)Cn2c(-c3ccc(Cl)cc3)n[nH]c2=S)N2CCOCC2)o1.